The van der Waals surface area contributed by atoms with E-state index in [4.69, 9.17) is 11.6 Å². The lowest BCUT2D eigenvalue weighted by Gasteiger charge is -2.36. The predicted octanol–water partition coefficient (Wildman–Crippen LogP) is 1.83. The van der Waals surface area contributed by atoms with Crippen LogP contribution in [0.2, 0.25) is 5.02 Å². The van der Waals surface area contributed by atoms with E-state index in [1.807, 2.05) is 42.0 Å². The molecule has 2 rings (SSSR count). The third kappa shape index (κ3) is 5.36. The molecule has 134 valence electrons. The van der Waals surface area contributed by atoms with E-state index in [1.165, 1.54) is 0 Å². The molecular weight excluding hydrogens is 349 g/mol. The Bertz CT molecular complexity index is 561. The van der Waals surface area contributed by atoms with E-state index in [2.05, 4.69) is 5.32 Å². The second-order valence-corrected chi connectivity index (χ2v) is 6.34. The minimum absolute atomic E-state index is 0. The summed E-state index contributed by atoms with van der Waals surface area (Å²) >= 11 is 6.11. The number of amides is 2. The van der Waals surface area contributed by atoms with E-state index in [0.717, 1.165) is 5.56 Å². The summed E-state index contributed by atoms with van der Waals surface area (Å²) in [4.78, 5) is 28.3. The van der Waals surface area contributed by atoms with Crippen LogP contribution >= 0.6 is 24.0 Å². The molecule has 0 aliphatic carbocycles. The van der Waals surface area contributed by atoms with Crippen LogP contribution in [-0.2, 0) is 16.0 Å². The Hall–Kier alpha value is -1.30. The van der Waals surface area contributed by atoms with E-state index < -0.39 is 0 Å². The molecule has 1 atom stereocenters. The van der Waals surface area contributed by atoms with Crippen molar-refractivity contribution in [1.29, 1.82) is 0 Å². The van der Waals surface area contributed by atoms with E-state index in [-0.39, 0.29) is 30.1 Å². The number of halogens is 2. The van der Waals surface area contributed by atoms with Crippen molar-refractivity contribution in [3.63, 3.8) is 0 Å². The Morgan fingerprint density at radius 2 is 1.75 bits per heavy atom. The van der Waals surface area contributed by atoms with Crippen LogP contribution in [0.1, 0.15) is 12.5 Å². The van der Waals surface area contributed by atoms with Crippen LogP contribution in [0.5, 0.6) is 0 Å². The summed E-state index contributed by atoms with van der Waals surface area (Å²) in [6, 6.07) is 7.41. The molecule has 0 aromatic heterocycles. The molecule has 1 aliphatic rings. The zero-order valence-corrected chi connectivity index (χ0v) is 15.7. The van der Waals surface area contributed by atoms with Crippen LogP contribution in [0.3, 0.4) is 0 Å². The number of hydrogen-bond donors (Lipinski definition) is 1. The Morgan fingerprint density at radius 1 is 1.17 bits per heavy atom. The standard InChI is InChI=1S/C17H24ClN3O2.ClH/c1-13(12-19-2)17(23)21-9-7-20(8-10-21)16(22)11-14-5-3-4-6-15(14)18;/h3-6,13,19H,7-12H2,1-2H3;1H. The van der Waals surface area contributed by atoms with Gasteiger partial charge in [-0.1, -0.05) is 36.7 Å². The van der Waals surface area contributed by atoms with Gasteiger partial charge < -0.3 is 15.1 Å². The van der Waals surface area contributed by atoms with Crippen molar-refractivity contribution < 1.29 is 9.59 Å². The van der Waals surface area contributed by atoms with E-state index in [1.54, 1.807) is 6.07 Å². The minimum Gasteiger partial charge on any atom is -0.339 e. The molecule has 1 aromatic carbocycles. The van der Waals surface area contributed by atoms with E-state index >= 15 is 0 Å². The van der Waals surface area contributed by atoms with Crippen LogP contribution in [0.15, 0.2) is 24.3 Å². The quantitative estimate of drug-likeness (QED) is 0.856. The molecule has 1 heterocycles. The smallest absolute Gasteiger partial charge is 0.227 e. The van der Waals surface area contributed by atoms with Crippen LogP contribution in [0.25, 0.3) is 0 Å². The summed E-state index contributed by atoms with van der Waals surface area (Å²) in [6.45, 7) is 4.96. The third-order valence-corrected chi connectivity index (χ3v) is 4.54. The average molecular weight is 374 g/mol. The van der Waals surface area contributed by atoms with Crippen LogP contribution in [0, 0.1) is 5.92 Å². The molecule has 5 nitrogen and oxygen atoms in total. The summed E-state index contributed by atoms with van der Waals surface area (Å²) < 4.78 is 0. The zero-order chi connectivity index (χ0) is 16.8. The van der Waals surface area contributed by atoms with Crippen molar-refractivity contribution in [2.24, 2.45) is 5.92 Å². The van der Waals surface area contributed by atoms with Crippen molar-refractivity contribution >= 4 is 35.8 Å². The van der Waals surface area contributed by atoms with Gasteiger partial charge in [-0.15, -0.1) is 12.4 Å². The Labute approximate surface area is 154 Å². The molecular formula is C17H25Cl2N3O2. The van der Waals surface area contributed by atoms with Gasteiger partial charge in [0.15, 0.2) is 0 Å². The second kappa shape index (κ2) is 9.87. The van der Waals surface area contributed by atoms with Gasteiger partial charge in [-0.2, -0.15) is 0 Å². The van der Waals surface area contributed by atoms with Crippen molar-refractivity contribution in [1.82, 2.24) is 15.1 Å². The second-order valence-electron chi connectivity index (χ2n) is 5.93. The van der Waals surface area contributed by atoms with Gasteiger partial charge in [-0.25, -0.2) is 0 Å². The number of rotatable bonds is 5. The third-order valence-electron chi connectivity index (χ3n) is 4.18. The number of piperazine rings is 1. The first kappa shape index (κ1) is 20.7. The van der Waals surface area contributed by atoms with Crippen molar-refractivity contribution in [3.8, 4) is 0 Å². The van der Waals surface area contributed by atoms with Gasteiger partial charge in [0.25, 0.3) is 0 Å². The normalized spacial score (nSPS) is 15.6. The lowest BCUT2D eigenvalue weighted by atomic mass is 10.1. The van der Waals surface area contributed by atoms with Crippen molar-refractivity contribution in [2.45, 2.75) is 13.3 Å². The maximum Gasteiger partial charge on any atom is 0.227 e. The van der Waals surface area contributed by atoms with E-state index in [0.29, 0.717) is 44.2 Å². The van der Waals surface area contributed by atoms with Gasteiger partial charge in [-0.05, 0) is 18.7 Å². The maximum atomic E-state index is 12.4. The maximum absolute atomic E-state index is 12.4. The van der Waals surface area contributed by atoms with E-state index in [9.17, 15) is 9.59 Å². The highest BCUT2D eigenvalue weighted by Gasteiger charge is 2.26. The van der Waals surface area contributed by atoms with Crippen LogP contribution < -0.4 is 5.32 Å². The van der Waals surface area contributed by atoms with Gasteiger partial charge in [0, 0.05) is 43.7 Å². The molecule has 0 bridgehead atoms. The summed E-state index contributed by atoms with van der Waals surface area (Å²) in [6.07, 6.45) is 0.309. The fourth-order valence-electron chi connectivity index (χ4n) is 2.80. The topological polar surface area (TPSA) is 52.7 Å². The first-order valence-electron chi connectivity index (χ1n) is 7.97. The highest BCUT2D eigenvalue weighted by atomic mass is 35.5. The van der Waals surface area contributed by atoms with Crippen LogP contribution in [0.4, 0.5) is 0 Å². The van der Waals surface area contributed by atoms with Gasteiger partial charge in [-0.3, -0.25) is 9.59 Å². The Balaban J connectivity index is 0.00000288. The molecule has 0 saturated carbocycles. The molecule has 0 spiro atoms. The first-order valence-corrected chi connectivity index (χ1v) is 8.35. The number of hydrogen-bond acceptors (Lipinski definition) is 3. The molecule has 2 amide bonds. The average Bonchev–Trinajstić information content (AvgIpc) is 2.56. The molecule has 1 fully saturated rings. The van der Waals surface area contributed by atoms with Crippen molar-refractivity contribution in [2.75, 3.05) is 39.8 Å². The molecule has 1 aromatic rings. The molecule has 1 aliphatic heterocycles. The summed E-state index contributed by atoms with van der Waals surface area (Å²) in [5.41, 5.74) is 0.848. The van der Waals surface area contributed by atoms with Gasteiger partial charge in [0.1, 0.15) is 0 Å². The largest absolute Gasteiger partial charge is 0.339 e. The predicted molar refractivity (Wildman–Crippen MR) is 98.7 cm³/mol. The summed E-state index contributed by atoms with van der Waals surface area (Å²) in [7, 11) is 1.84. The van der Waals surface area contributed by atoms with Crippen molar-refractivity contribution in [3.05, 3.63) is 34.9 Å². The molecule has 7 heteroatoms. The lowest BCUT2D eigenvalue weighted by Crippen LogP contribution is -2.52. The highest BCUT2D eigenvalue weighted by Crippen LogP contribution is 2.17. The van der Waals surface area contributed by atoms with Gasteiger partial charge in [0.2, 0.25) is 11.8 Å². The molecule has 1 N–H and O–H groups in total. The highest BCUT2D eigenvalue weighted by molar-refractivity contribution is 6.31. The summed E-state index contributed by atoms with van der Waals surface area (Å²) in [5.74, 6) is 0.177. The number of benzene rings is 1. The number of carbonyl (C=O) groups is 2. The molecule has 1 saturated heterocycles. The number of carbonyl (C=O) groups excluding carboxylic acids is 2. The summed E-state index contributed by atoms with van der Waals surface area (Å²) in [5, 5.41) is 3.64. The molecule has 24 heavy (non-hydrogen) atoms. The molecule has 0 radical (unpaired) electrons. The lowest BCUT2D eigenvalue weighted by molar-refractivity contribution is -0.141. The zero-order valence-electron chi connectivity index (χ0n) is 14.1. The fourth-order valence-corrected chi connectivity index (χ4v) is 3.00. The SMILES string of the molecule is CNCC(C)C(=O)N1CCN(C(=O)Cc2ccccc2Cl)CC1.Cl. The van der Waals surface area contributed by atoms with Crippen LogP contribution in [-0.4, -0.2) is 61.4 Å². The minimum atomic E-state index is -0.0367. The number of nitrogens with one attached hydrogen (secondary N) is 1. The van der Waals surface area contributed by atoms with Gasteiger partial charge in [0.05, 0.1) is 6.42 Å². The van der Waals surface area contributed by atoms with Gasteiger partial charge >= 0.3 is 0 Å². The molecule has 1 unspecified atom stereocenters. The number of nitrogens with zero attached hydrogens (tertiary/aromatic N) is 2. The Morgan fingerprint density at radius 3 is 2.33 bits per heavy atom. The first-order chi connectivity index (χ1) is 11.0. The fraction of sp³-hybridized carbons (Fsp3) is 0.529. The Kier molecular flexibility index (Phi) is 8.53. The monoisotopic (exact) mass is 373 g/mol.